The number of nitrogens with one attached hydrogen (secondary N) is 1. The summed E-state index contributed by atoms with van der Waals surface area (Å²) in [5.41, 5.74) is 2.12. The fourth-order valence-electron chi connectivity index (χ4n) is 2.78. The van der Waals surface area contributed by atoms with Gasteiger partial charge >= 0.3 is 0 Å². The first-order valence-electron chi connectivity index (χ1n) is 8.63. The van der Waals surface area contributed by atoms with Gasteiger partial charge in [0.25, 0.3) is 5.91 Å². The van der Waals surface area contributed by atoms with E-state index in [1.807, 2.05) is 45.2 Å². The molecule has 3 rings (SSSR count). The van der Waals surface area contributed by atoms with Gasteiger partial charge in [0.15, 0.2) is 0 Å². The van der Waals surface area contributed by atoms with Gasteiger partial charge in [-0.1, -0.05) is 32.0 Å². The van der Waals surface area contributed by atoms with Crippen molar-refractivity contribution in [3.8, 4) is 5.69 Å². The van der Waals surface area contributed by atoms with Gasteiger partial charge in [-0.2, -0.15) is 0 Å². The number of carbonyl (C=O) groups excluding carboxylic acids is 1. The number of rotatable bonds is 5. The van der Waals surface area contributed by atoms with Crippen LogP contribution in [0.5, 0.6) is 0 Å². The molecule has 26 heavy (non-hydrogen) atoms. The van der Waals surface area contributed by atoms with E-state index in [0.717, 1.165) is 15.6 Å². The lowest BCUT2D eigenvalue weighted by Crippen LogP contribution is -2.27. The number of thiazole rings is 1. The highest BCUT2D eigenvalue weighted by Gasteiger charge is 2.20. The molecule has 0 aliphatic carbocycles. The van der Waals surface area contributed by atoms with Crippen LogP contribution in [0.15, 0.2) is 30.5 Å². The molecule has 0 spiro atoms. The maximum absolute atomic E-state index is 12.6. The van der Waals surface area contributed by atoms with Crippen molar-refractivity contribution in [1.82, 2.24) is 25.1 Å². The Morgan fingerprint density at radius 3 is 2.58 bits per heavy atom. The van der Waals surface area contributed by atoms with Crippen molar-refractivity contribution in [2.75, 3.05) is 0 Å². The first-order valence-corrected chi connectivity index (χ1v) is 9.44. The highest BCUT2D eigenvalue weighted by Crippen LogP contribution is 2.23. The summed E-state index contributed by atoms with van der Waals surface area (Å²) in [7, 11) is 0. The van der Waals surface area contributed by atoms with E-state index in [9.17, 15) is 4.79 Å². The zero-order valence-electron chi connectivity index (χ0n) is 15.6. The van der Waals surface area contributed by atoms with Gasteiger partial charge in [-0.15, -0.1) is 16.4 Å². The summed E-state index contributed by atoms with van der Waals surface area (Å²) < 4.78 is 1.74. The van der Waals surface area contributed by atoms with Crippen LogP contribution in [0.3, 0.4) is 0 Å². The summed E-state index contributed by atoms with van der Waals surface area (Å²) in [6.45, 7) is 10.0. The normalized spacial score (nSPS) is 12.4. The Hall–Kier alpha value is -2.54. The maximum atomic E-state index is 12.6. The molecule has 1 unspecified atom stereocenters. The van der Waals surface area contributed by atoms with Crippen molar-refractivity contribution in [2.45, 2.75) is 46.6 Å². The molecule has 0 bridgehead atoms. The van der Waals surface area contributed by atoms with E-state index in [0.29, 0.717) is 11.7 Å². The molecule has 3 aromatic rings. The van der Waals surface area contributed by atoms with Crippen LogP contribution in [-0.4, -0.2) is 25.7 Å². The molecule has 0 aliphatic rings. The van der Waals surface area contributed by atoms with Crippen LogP contribution in [0.2, 0.25) is 0 Å². The van der Waals surface area contributed by atoms with Gasteiger partial charge in [-0.3, -0.25) is 4.79 Å². The fourth-order valence-corrected chi connectivity index (χ4v) is 3.55. The van der Waals surface area contributed by atoms with Gasteiger partial charge in [0, 0.05) is 11.1 Å². The predicted molar refractivity (Wildman–Crippen MR) is 103 cm³/mol. The smallest absolute Gasteiger partial charge is 0.291 e. The van der Waals surface area contributed by atoms with E-state index >= 15 is 0 Å². The third kappa shape index (κ3) is 3.67. The summed E-state index contributed by atoms with van der Waals surface area (Å²) in [5.74, 6) is 0.900. The van der Waals surface area contributed by atoms with Gasteiger partial charge in [-0.05, 0) is 38.3 Å². The monoisotopic (exact) mass is 369 g/mol. The molecule has 1 N–H and O–H groups in total. The summed E-state index contributed by atoms with van der Waals surface area (Å²) in [6.07, 6.45) is 1.81. The van der Waals surface area contributed by atoms with E-state index in [-0.39, 0.29) is 17.8 Å². The van der Waals surface area contributed by atoms with Gasteiger partial charge in [0.05, 0.1) is 11.7 Å². The maximum Gasteiger partial charge on any atom is 0.291 e. The number of benzene rings is 1. The van der Waals surface area contributed by atoms with Crippen LogP contribution < -0.4 is 5.32 Å². The second-order valence-electron chi connectivity index (χ2n) is 6.61. The molecule has 0 saturated heterocycles. The van der Waals surface area contributed by atoms with E-state index in [4.69, 9.17) is 0 Å². The molecule has 2 heterocycles. The first kappa shape index (κ1) is 18.3. The van der Waals surface area contributed by atoms with Crippen LogP contribution in [0.25, 0.3) is 5.69 Å². The average molecular weight is 369 g/mol. The third-order valence-electron chi connectivity index (χ3n) is 4.12. The molecule has 1 amide bonds. The molecular weight excluding hydrogens is 346 g/mol. The summed E-state index contributed by atoms with van der Waals surface area (Å²) >= 11 is 1.57. The molecular formula is C19H23N5OS. The second-order valence-corrected chi connectivity index (χ2v) is 7.88. The summed E-state index contributed by atoms with van der Waals surface area (Å²) in [6, 6.07) is 7.87. The second kappa shape index (κ2) is 7.37. The molecule has 136 valence electrons. The lowest BCUT2D eigenvalue weighted by molar-refractivity contribution is 0.0929. The number of carbonyl (C=O) groups is 1. The van der Waals surface area contributed by atoms with Crippen LogP contribution in [0.1, 0.15) is 64.6 Å². The Morgan fingerprint density at radius 1 is 1.19 bits per heavy atom. The van der Waals surface area contributed by atoms with Crippen LogP contribution in [0, 0.1) is 13.8 Å². The Labute approximate surface area is 157 Å². The molecule has 0 saturated carbocycles. The van der Waals surface area contributed by atoms with Crippen molar-refractivity contribution in [2.24, 2.45) is 0 Å². The minimum Gasteiger partial charge on any atom is -0.340 e. The zero-order chi connectivity index (χ0) is 18.8. The van der Waals surface area contributed by atoms with E-state index in [2.05, 4.69) is 40.3 Å². The molecule has 7 heteroatoms. The number of para-hydroxylation sites is 1. The molecule has 1 atom stereocenters. The Kier molecular flexibility index (Phi) is 5.18. The lowest BCUT2D eigenvalue weighted by Gasteiger charge is -2.13. The highest BCUT2D eigenvalue weighted by atomic mass is 32.1. The Morgan fingerprint density at radius 2 is 1.92 bits per heavy atom. The minimum absolute atomic E-state index is 0.168. The van der Waals surface area contributed by atoms with Crippen molar-refractivity contribution in [1.29, 1.82) is 0 Å². The van der Waals surface area contributed by atoms with Crippen molar-refractivity contribution >= 4 is 17.2 Å². The van der Waals surface area contributed by atoms with Crippen molar-refractivity contribution in [3.05, 3.63) is 57.6 Å². The van der Waals surface area contributed by atoms with Gasteiger partial charge in [-0.25, -0.2) is 14.6 Å². The average Bonchev–Trinajstić information content (AvgIpc) is 3.20. The minimum atomic E-state index is -0.297. The quantitative estimate of drug-likeness (QED) is 0.739. The lowest BCUT2D eigenvalue weighted by atomic mass is 10.0. The topological polar surface area (TPSA) is 72.7 Å². The van der Waals surface area contributed by atoms with Crippen LogP contribution >= 0.6 is 11.3 Å². The Bertz CT molecular complexity index is 928. The third-order valence-corrected chi connectivity index (χ3v) is 5.21. The van der Waals surface area contributed by atoms with Gasteiger partial charge in [0.2, 0.25) is 5.82 Å². The van der Waals surface area contributed by atoms with Crippen molar-refractivity contribution in [3.63, 3.8) is 0 Å². The molecule has 0 fully saturated rings. The number of hydrogen-bond donors (Lipinski definition) is 1. The van der Waals surface area contributed by atoms with E-state index < -0.39 is 0 Å². The molecule has 6 nitrogen and oxygen atoms in total. The van der Waals surface area contributed by atoms with Gasteiger partial charge in [0.1, 0.15) is 10.8 Å². The summed E-state index contributed by atoms with van der Waals surface area (Å²) in [4.78, 5) is 22.4. The van der Waals surface area contributed by atoms with Crippen LogP contribution in [0.4, 0.5) is 0 Å². The number of nitrogens with zero attached hydrogens (tertiary/aromatic N) is 4. The fraction of sp³-hybridized carbons (Fsp3) is 0.368. The first-order chi connectivity index (χ1) is 12.4. The van der Waals surface area contributed by atoms with Crippen molar-refractivity contribution < 1.29 is 4.79 Å². The SMILES string of the molecule is Cc1cnc(C(C)NC(=O)c2nc(C)n(-c3ccccc3C(C)C)n2)s1. The van der Waals surface area contributed by atoms with Crippen LogP contribution in [-0.2, 0) is 0 Å². The van der Waals surface area contributed by atoms with E-state index in [1.165, 1.54) is 5.56 Å². The Balaban J connectivity index is 1.85. The van der Waals surface area contributed by atoms with E-state index in [1.54, 1.807) is 16.0 Å². The molecule has 2 aromatic heterocycles. The molecule has 0 aliphatic heterocycles. The number of amides is 1. The zero-order valence-corrected chi connectivity index (χ0v) is 16.5. The summed E-state index contributed by atoms with van der Waals surface area (Å²) in [5, 5.41) is 8.25. The predicted octanol–water partition coefficient (Wildman–Crippen LogP) is 3.96. The largest absolute Gasteiger partial charge is 0.340 e. The standard InChI is InChI=1S/C19H23N5OS/c1-11(2)15-8-6-7-9-16(15)24-14(5)22-17(23-24)18(25)21-13(4)19-20-10-12(3)26-19/h6-11,13H,1-5H3,(H,21,25). The molecule has 1 aromatic carbocycles. The highest BCUT2D eigenvalue weighted by molar-refractivity contribution is 7.11. The number of hydrogen-bond acceptors (Lipinski definition) is 5. The molecule has 0 radical (unpaired) electrons. The number of aryl methyl sites for hydroxylation is 2. The van der Waals surface area contributed by atoms with Gasteiger partial charge < -0.3 is 5.32 Å². The number of aromatic nitrogens is 4.